The molecule has 0 spiro atoms. The zero-order valence-electron chi connectivity index (χ0n) is 16.8. The highest BCUT2D eigenvalue weighted by Crippen LogP contribution is 2.16. The van der Waals surface area contributed by atoms with Crippen molar-refractivity contribution in [2.45, 2.75) is 45.8 Å². The highest BCUT2D eigenvalue weighted by molar-refractivity contribution is 6.30. The third-order valence-electron chi connectivity index (χ3n) is 4.59. The Bertz CT molecular complexity index is 829. The fourth-order valence-electron chi connectivity index (χ4n) is 2.64. The normalized spacial score (nSPS) is 12.7. The first-order valence-corrected chi connectivity index (χ1v) is 9.90. The van der Waals surface area contributed by atoms with E-state index in [1.807, 2.05) is 19.9 Å². The predicted molar refractivity (Wildman–Crippen MR) is 111 cm³/mol. The summed E-state index contributed by atoms with van der Waals surface area (Å²) in [6.45, 7) is 5.50. The number of hydrogen-bond donors (Lipinski definition) is 1. The number of halogens is 2. The third-order valence-corrected chi connectivity index (χ3v) is 4.82. The Morgan fingerprint density at radius 2 is 1.86 bits per heavy atom. The smallest absolute Gasteiger partial charge is 0.261 e. The molecule has 1 N–H and O–H groups in total. The first-order chi connectivity index (χ1) is 13.8. The number of rotatable bonds is 9. The summed E-state index contributed by atoms with van der Waals surface area (Å²) in [4.78, 5) is 27.0. The maximum Gasteiger partial charge on any atom is 0.261 e. The molecule has 0 unspecified atom stereocenters. The Morgan fingerprint density at radius 1 is 1.17 bits per heavy atom. The lowest BCUT2D eigenvalue weighted by molar-refractivity contribution is -0.142. The van der Waals surface area contributed by atoms with Gasteiger partial charge in [0.05, 0.1) is 0 Å². The summed E-state index contributed by atoms with van der Waals surface area (Å²) in [5, 5.41) is 3.45. The summed E-state index contributed by atoms with van der Waals surface area (Å²) in [6, 6.07) is 11.8. The summed E-state index contributed by atoms with van der Waals surface area (Å²) < 4.78 is 18.5. The monoisotopic (exact) mass is 420 g/mol. The summed E-state index contributed by atoms with van der Waals surface area (Å²) >= 11 is 6.05. The van der Waals surface area contributed by atoms with Gasteiger partial charge in [-0.1, -0.05) is 30.7 Å². The highest BCUT2D eigenvalue weighted by Gasteiger charge is 2.27. The van der Waals surface area contributed by atoms with Crippen LogP contribution in [0.25, 0.3) is 0 Å². The molecular weight excluding hydrogens is 395 g/mol. The van der Waals surface area contributed by atoms with Gasteiger partial charge in [-0.15, -0.1) is 0 Å². The lowest BCUT2D eigenvalue weighted by atomic mass is 10.1. The van der Waals surface area contributed by atoms with Gasteiger partial charge in [0.15, 0.2) is 6.61 Å². The quantitative estimate of drug-likeness (QED) is 0.661. The predicted octanol–water partition coefficient (Wildman–Crippen LogP) is 4.19. The minimum absolute atomic E-state index is 0.00327. The van der Waals surface area contributed by atoms with Crippen LogP contribution < -0.4 is 10.1 Å². The number of amides is 2. The maximum atomic E-state index is 13.0. The third kappa shape index (κ3) is 7.06. The molecule has 0 saturated heterocycles. The molecule has 0 heterocycles. The zero-order chi connectivity index (χ0) is 21.4. The molecule has 0 bridgehead atoms. The van der Waals surface area contributed by atoms with Crippen molar-refractivity contribution in [2.75, 3.05) is 6.61 Å². The Morgan fingerprint density at radius 3 is 2.48 bits per heavy atom. The number of nitrogens with one attached hydrogen (secondary N) is 1. The van der Waals surface area contributed by atoms with Crippen molar-refractivity contribution in [3.63, 3.8) is 0 Å². The molecule has 0 aliphatic heterocycles. The van der Waals surface area contributed by atoms with Crippen molar-refractivity contribution in [1.29, 1.82) is 0 Å². The summed E-state index contributed by atoms with van der Waals surface area (Å²) in [7, 11) is 0. The molecule has 0 radical (unpaired) electrons. The summed E-state index contributed by atoms with van der Waals surface area (Å²) in [5.41, 5.74) is 0.802. The molecule has 2 rings (SSSR count). The van der Waals surface area contributed by atoms with Gasteiger partial charge in [-0.2, -0.15) is 0 Å². The average molecular weight is 421 g/mol. The Hall–Kier alpha value is -2.60. The van der Waals surface area contributed by atoms with E-state index in [4.69, 9.17) is 16.3 Å². The van der Waals surface area contributed by atoms with Crippen LogP contribution in [-0.4, -0.2) is 35.4 Å². The molecule has 156 valence electrons. The molecule has 0 aliphatic carbocycles. The van der Waals surface area contributed by atoms with Crippen molar-refractivity contribution in [3.05, 3.63) is 64.9 Å². The number of benzene rings is 2. The Balaban J connectivity index is 2.14. The maximum absolute atomic E-state index is 13.0. The molecule has 0 aliphatic rings. The van der Waals surface area contributed by atoms with Crippen LogP contribution in [0.2, 0.25) is 5.02 Å². The average Bonchev–Trinajstić information content (AvgIpc) is 2.70. The van der Waals surface area contributed by atoms with Crippen LogP contribution in [0.5, 0.6) is 5.75 Å². The van der Waals surface area contributed by atoms with Gasteiger partial charge in [0, 0.05) is 17.6 Å². The van der Waals surface area contributed by atoms with E-state index in [0.717, 1.165) is 12.0 Å². The van der Waals surface area contributed by atoms with Gasteiger partial charge in [0.2, 0.25) is 5.91 Å². The number of ether oxygens (including phenoxy) is 1. The van der Waals surface area contributed by atoms with Gasteiger partial charge in [-0.3, -0.25) is 9.59 Å². The zero-order valence-corrected chi connectivity index (χ0v) is 17.6. The minimum Gasteiger partial charge on any atom is -0.484 e. The SMILES string of the molecule is CC[C@H](C)NC(=O)[C@@H](C)N(Cc1cccc(Cl)c1)C(=O)COc1ccc(F)cc1. The molecule has 0 saturated carbocycles. The molecule has 2 aromatic rings. The fraction of sp³-hybridized carbons (Fsp3) is 0.364. The van der Waals surface area contributed by atoms with E-state index in [1.165, 1.54) is 29.2 Å². The van der Waals surface area contributed by atoms with E-state index < -0.39 is 6.04 Å². The topological polar surface area (TPSA) is 58.6 Å². The Labute approximate surface area is 175 Å². The van der Waals surface area contributed by atoms with E-state index in [1.54, 1.807) is 25.1 Å². The molecule has 2 aromatic carbocycles. The van der Waals surface area contributed by atoms with E-state index in [0.29, 0.717) is 10.8 Å². The molecule has 2 atom stereocenters. The van der Waals surface area contributed by atoms with Gasteiger partial charge >= 0.3 is 0 Å². The summed E-state index contributed by atoms with van der Waals surface area (Å²) in [6.07, 6.45) is 0.786. The van der Waals surface area contributed by atoms with Crippen molar-refractivity contribution in [1.82, 2.24) is 10.2 Å². The van der Waals surface area contributed by atoms with Gasteiger partial charge in [-0.05, 0) is 62.2 Å². The van der Waals surface area contributed by atoms with Crippen molar-refractivity contribution in [2.24, 2.45) is 0 Å². The van der Waals surface area contributed by atoms with Crippen LogP contribution in [0.4, 0.5) is 4.39 Å². The molecular formula is C22H26ClFN2O3. The number of hydrogen-bond acceptors (Lipinski definition) is 3. The second-order valence-electron chi connectivity index (χ2n) is 6.89. The van der Waals surface area contributed by atoms with E-state index in [-0.39, 0.29) is 36.8 Å². The molecule has 0 fully saturated rings. The highest BCUT2D eigenvalue weighted by atomic mass is 35.5. The lowest BCUT2D eigenvalue weighted by Gasteiger charge is -2.29. The molecule has 29 heavy (non-hydrogen) atoms. The number of carbonyl (C=O) groups excluding carboxylic acids is 2. The summed E-state index contributed by atoms with van der Waals surface area (Å²) in [5.74, 6) is -0.613. The van der Waals surface area contributed by atoms with Crippen LogP contribution in [0, 0.1) is 5.82 Å². The van der Waals surface area contributed by atoms with Crippen LogP contribution in [0.1, 0.15) is 32.8 Å². The van der Waals surface area contributed by atoms with Crippen LogP contribution in [0.15, 0.2) is 48.5 Å². The second kappa shape index (κ2) is 10.8. The standard InChI is InChI=1S/C22H26ClFN2O3/c1-4-15(2)25-22(28)16(3)26(13-17-6-5-7-18(23)12-17)21(27)14-29-20-10-8-19(24)9-11-20/h5-12,15-16H,4,13-14H2,1-3H3,(H,25,28)/t15-,16+/m0/s1. The molecule has 0 aromatic heterocycles. The second-order valence-corrected chi connectivity index (χ2v) is 7.32. The first-order valence-electron chi connectivity index (χ1n) is 9.52. The molecule has 7 heteroatoms. The van der Waals surface area contributed by atoms with Gasteiger partial charge in [-0.25, -0.2) is 4.39 Å². The largest absolute Gasteiger partial charge is 0.484 e. The molecule has 2 amide bonds. The minimum atomic E-state index is -0.702. The van der Waals surface area contributed by atoms with Crippen molar-refractivity contribution < 1.29 is 18.7 Å². The van der Waals surface area contributed by atoms with Crippen LogP contribution in [0.3, 0.4) is 0 Å². The van der Waals surface area contributed by atoms with Gasteiger partial charge in [0.1, 0.15) is 17.6 Å². The Kier molecular flexibility index (Phi) is 8.46. The lowest BCUT2D eigenvalue weighted by Crippen LogP contribution is -2.50. The van der Waals surface area contributed by atoms with Gasteiger partial charge < -0.3 is 15.0 Å². The van der Waals surface area contributed by atoms with E-state index >= 15 is 0 Å². The van der Waals surface area contributed by atoms with Gasteiger partial charge in [0.25, 0.3) is 5.91 Å². The van der Waals surface area contributed by atoms with E-state index in [9.17, 15) is 14.0 Å². The van der Waals surface area contributed by atoms with Crippen molar-refractivity contribution >= 4 is 23.4 Å². The number of nitrogens with zero attached hydrogens (tertiary/aromatic N) is 1. The number of carbonyl (C=O) groups is 2. The first kappa shape index (κ1) is 22.7. The van der Waals surface area contributed by atoms with Crippen molar-refractivity contribution in [3.8, 4) is 5.75 Å². The fourth-order valence-corrected chi connectivity index (χ4v) is 2.85. The molecule has 5 nitrogen and oxygen atoms in total. The van der Waals surface area contributed by atoms with E-state index in [2.05, 4.69) is 5.32 Å². The van der Waals surface area contributed by atoms with Crippen LogP contribution >= 0.6 is 11.6 Å². The van der Waals surface area contributed by atoms with Crippen LogP contribution in [-0.2, 0) is 16.1 Å².